The summed E-state index contributed by atoms with van der Waals surface area (Å²) in [6.45, 7) is 3.03. The standard InChI is InChI=1S/C17H18N4/c1-12-20-10-17(21-12)6-5-16-13(7-17)3-2-4-15(16)14-8-18-11-19-9-14/h2-4,8-9,11H,5-7,10H2,1H3,(H,20,21)/t17-/m0/s1. The molecular formula is C17H18N4. The van der Waals surface area contributed by atoms with Gasteiger partial charge in [-0.3, -0.25) is 4.99 Å². The normalized spacial score (nSPS) is 23.6. The van der Waals surface area contributed by atoms with Crippen LogP contribution in [-0.4, -0.2) is 27.9 Å². The first-order valence-electron chi connectivity index (χ1n) is 7.42. The van der Waals surface area contributed by atoms with E-state index in [9.17, 15) is 0 Å². The van der Waals surface area contributed by atoms with Crippen LogP contribution < -0.4 is 5.32 Å². The molecule has 21 heavy (non-hydrogen) atoms. The zero-order chi connectivity index (χ0) is 14.3. The molecule has 2 aliphatic rings. The largest absolute Gasteiger partial charge is 0.372 e. The van der Waals surface area contributed by atoms with Crippen LogP contribution in [0.15, 0.2) is 41.9 Å². The smallest absolute Gasteiger partial charge is 0.115 e. The molecule has 2 aromatic rings. The Morgan fingerprint density at radius 2 is 2.05 bits per heavy atom. The molecule has 0 bridgehead atoms. The average molecular weight is 278 g/mol. The van der Waals surface area contributed by atoms with Gasteiger partial charge in [0.05, 0.1) is 11.4 Å². The van der Waals surface area contributed by atoms with Crippen LogP contribution >= 0.6 is 0 Å². The van der Waals surface area contributed by atoms with Crippen LogP contribution in [-0.2, 0) is 12.8 Å². The maximum absolute atomic E-state index is 4.86. The Morgan fingerprint density at radius 3 is 2.81 bits per heavy atom. The van der Waals surface area contributed by atoms with Gasteiger partial charge in [0.1, 0.15) is 6.33 Å². The Bertz CT molecular complexity index is 708. The minimum Gasteiger partial charge on any atom is -0.372 e. The first-order chi connectivity index (χ1) is 10.3. The summed E-state index contributed by atoms with van der Waals surface area (Å²) >= 11 is 0. The third-order valence-corrected chi connectivity index (χ3v) is 4.58. The van der Waals surface area contributed by atoms with Gasteiger partial charge in [-0.25, -0.2) is 9.97 Å². The molecule has 1 spiro atoms. The molecule has 1 aromatic carbocycles. The van der Waals surface area contributed by atoms with Gasteiger partial charge in [0.15, 0.2) is 0 Å². The molecular weight excluding hydrogens is 260 g/mol. The van der Waals surface area contributed by atoms with Crippen molar-refractivity contribution in [2.75, 3.05) is 6.54 Å². The lowest BCUT2D eigenvalue weighted by molar-refractivity contribution is 0.395. The van der Waals surface area contributed by atoms with Crippen LogP contribution in [0, 0.1) is 0 Å². The molecule has 1 N–H and O–H groups in total. The van der Waals surface area contributed by atoms with Crippen molar-refractivity contribution in [3.8, 4) is 11.1 Å². The third kappa shape index (κ3) is 2.11. The number of rotatable bonds is 1. The molecule has 0 fully saturated rings. The van der Waals surface area contributed by atoms with E-state index < -0.39 is 0 Å². The summed E-state index contributed by atoms with van der Waals surface area (Å²) in [5, 5.41) is 3.39. The van der Waals surface area contributed by atoms with Crippen molar-refractivity contribution in [2.24, 2.45) is 4.99 Å². The molecule has 0 saturated carbocycles. The van der Waals surface area contributed by atoms with Gasteiger partial charge >= 0.3 is 0 Å². The van der Waals surface area contributed by atoms with Gasteiger partial charge in [-0.05, 0) is 42.9 Å². The van der Waals surface area contributed by atoms with Gasteiger partial charge in [-0.1, -0.05) is 18.2 Å². The zero-order valence-corrected chi connectivity index (χ0v) is 12.1. The minimum atomic E-state index is 0.0723. The molecule has 1 aliphatic carbocycles. The highest BCUT2D eigenvalue weighted by atomic mass is 15.1. The summed E-state index contributed by atoms with van der Waals surface area (Å²) in [6, 6.07) is 6.56. The molecule has 4 heteroatoms. The summed E-state index contributed by atoms with van der Waals surface area (Å²) in [5.74, 6) is 1.08. The Hall–Kier alpha value is -2.23. The molecule has 4 rings (SSSR count). The van der Waals surface area contributed by atoms with Crippen molar-refractivity contribution < 1.29 is 0 Å². The SMILES string of the molecule is CC1=N[C@]2(CCc3c(cccc3-c3cncnc3)C2)CN1. The van der Waals surface area contributed by atoms with Gasteiger partial charge in [0, 0.05) is 24.5 Å². The lowest BCUT2D eigenvalue weighted by Crippen LogP contribution is -2.38. The Balaban J connectivity index is 1.75. The van der Waals surface area contributed by atoms with E-state index in [2.05, 4.69) is 40.4 Å². The first-order valence-corrected chi connectivity index (χ1v) is 7.42. The fraction of sp³-hybridized carbons (Fsp3) is 0.353. The fourth-order valence-corrected chi connectivity index (χ4v) is 3.58. The van der Waals surface area contributed by atoms with E-state index in [1.54, 1.807) is 6.33 Å². The van der Waals surface area contributed by atoms with Gasteiger partial charge in [0.2, 0.25) is 0 Å². The van der Waals surface area contributed by atoms with Gasteiger partial charge in [-0.15, -0.1) is 0 Å². The number of amidine groups is 1. The van der Waals surface area contributed by atoms with E-state index in [0.717, 1.165) is 37.2 Å². The van der Waals surface area contributed by atoms with Crippen LogP contribution in [0.4, 0.5) is 0 Å². The van der Waals surface area contributed by atoms with Crippen LogP contribution in [0.25, 0.3) is 11.1 Å². The van der Waals surface area contributed by atoms with Crippen molar-refractivity contribution in [3.63, 3.8) is 0 Å². The predicted molar refractivity (Wildman–Crippen MR) is 83.3 cm³/mol. The Kier molecular flexibility index (Phi) is 2.77. The van der Waals surface area contributed by atoms with Crippen molar-refractivity contribution in [2.45, 2.75) is 31.7 Å². The van der Waals surface area contributed by atoms with Gasteiger partial charge in [-0.2, -0.15) is 0 Å². The van der Waals surface area contributed by atoms with E-state index in [-0.39, 0.29) is 5.54 Å². The maximum atomic E-state index is 4.86. The predicted octanol–water partition coefficient (Wildman–Crippen LogP) is 2.39. The number of nitrogens with zero attached hydrogens (tertiary/aromatic N) is 3. The minimum absolute atomic E-state index is 0.0723. The second-order valence-corrected chi connectivity index (χ2v) is 6.02. The van der Waals surface area contributed by atoms with Gasteiger partial charge in [0.25, 0.3) is 0 Å². The highest BCUT2D eigenvalue weighted by Gasteiger charge is 2.37. The molecule has 0 unspecified atom stereocenters. The number of benzene rings is 1. The summed E-state index contributed by atoms with van der Waals surface area (Å²) < 4.78 is 0. The monoisotopic (exact) mass is 278 g/mol. The summed E-state index contributed by atoms with van der Waals surface area (Å²) in [6.07, 6.45) is 8.57. The maximum Gasteiger partial charge on any atom is 0.115 e. The van der Waals surface area contributed by atoms with Crippen molar-refractivity contribution >= 4 is 5.84 Å². The van der Waals surface area contributed by atoms with E-state index in [1.807, 2.05) is 12.4 Å². The zero-order valence-electron chi connectivity index (χ0n) is 12.1. The molecule has 1 atom stereocenters. The van der Waals surface area contributed by atoms with E-state index in [4.69, 9.17) is 4.99 Å². The molecule has 106 valence electrons. The number of nitrogens with one attached hydrogen (secondary N) is 1. The van der Waals surface area contributed by atoms with E-state index in [1.165, 1.54) is 16.7 Å². The summed E-state index contributed by atoms with van der Waals surface area (Å²) in [5.41, 5.74) is 5.31. The van der Waals surface area contributed by atoms with Crippen LogP contribution in [0.5, 0.6) is 0 Å². The molecule has 2 heterocycles. The molecule has 0 amide bonds. The van der Waals surface area contributed by atoms with Crippen LogP contribution in [0.3, 0.4) is 0 Å². The number of aromatic nitrogens is 2. The molecule has 1 aliphatic heterocycles. The first kappa shape index (κ1) is 12.5. The van der Waals surface area contributed by atoms with Crippen LogP contribution in [0.1, 0.15) is 24.5 Å². The molecule has 1 aromatic heterocycles. The molecule has 0 radical (unpaired) electrons. The Labute approximate surface area is 124 Å². The van der Waals surface area contributed by atoms with E-state index >= 15 is 0 Å². The molecule has 0 saturated heterocycles. The summed E-state index contributed by atoms with van der Waals surface area (Å²) in [4.78, 5) is 13.2. The van der Waals surface area contributed by atoms with Gasteiger partial charge < -0.3 is 5.32 Å². The number of fused-ring (bicyclic) bond motifs is 1. The third-order valence-electron chi connectivity index (χ3n) is 4.58. The second kappa shape index (κ2) is 4.65. The van der Waals surface area contributed by atoms with Crippen molar-refractivity contribution in [1.29, 1.82) is 0 Å². The highest BCUT2D eigenvalue weighted by molar-refractivity contribution is 5.82. The summed E-state index contributed by atoms with van der Waals surface area (Å²) in [7, 11) is 0. The molecule has 4 nitrogen and oxygen atoms in total. The highest BCUT2D eigenvalue weighted by Crippen LogP contribution is 2.37. The second-order valence-electron chi connectivity index (χ2n) is 6.02. The Morgan fingerprint density at radius 1 is 1.19 bits per heavy atom. The average Bonchev–Trinajstić information content (AvgIpc) is 2.88. The van der Waals surface area contributed by atoms with Crippen molar-refractivity contribution in [3.05, 3.63) is 48.0 Å². The number of hydrogen-bond acceptors (Lipinski definition) is 4. The lowest BCUT2D eigenvalue weighted by Gasteiger charge is -2.32. The lowest BCUT2D eigenvalue weighted by atomic mass is 9.76. The van der Waals surface area contributed by atoms with Crippen LogP contribution in [0.2, 0.25) is 0 Å². The number of aliphatic imine (C=N–C) groups is 1. The fourth-order valence-electron chi connectivity index (χ4n) is 3.58. The number of hydrogen-bond donors (Lipinski definition) is 1. The quantitative estimate of drug-likeness (QED) is 0.871. The van der Waals surface area contributed by atoms with E-state index in [0.29, 0.717) is 0 Å². The van der Waals surface area contributed by atoms with Crippen molar-refractivity contribution in [1.82, 2.24) is 15.3 Å². The topological polar surface area (TPSA) is 50.2 Å².